The number of nitrogens with zero attached hydrogens (tertiary/aromatic N) is 4. The SMILES string of the molecule is N#Cc1ccn2c(CC3CCCCCC3)nnc2c1. The highest BCUT2D eigenvalue weighted by Crippen LogP contribution is 2.25. The molecule has 0 amide bonds. The monoisotopic (exact) mass is 254 g/mol. The zero-order chi connectivity index (χ0) is 13.1. The first kappa shape index (κ1) is 12.2. The van der Waals surface area contributed by atoms with Gasteiger partial charge in [0.25, 0.3) is 0 Å². The molecule has 1 aliphatic carbocycles. The van der Waals surface area contributed by atoms with Gasteiger partial charge < -0.3 is 0 Å². The highest BCUT2D eigenvalue weighted by molar-refractivity contribution is 5.45. The van der Waals surface area contributed by atoms with Gasteiger partial charge in [0.05, 0.1) is 11.6 Å². The van der Waals surface area contributed by atoms with E-state index in [4.69, 9.17) is 5.26 Å². The van der Waals surface area contributed by atoms with Crippen LogP contribution < -0.4 is 0 Å². The van der Waals surface area contributed by atoms with Crippen LogP contribution in [0.1, 0.15) is 49.9 Å². The Bertz CT molecular complexity index is 600. The highest BCUT2D eigenvalue weighted by Gasteiger charge is 2.16. The predicted molar refractivity (Wildman–Crippen MR) is 72.6 cm³/mol. The van der Waals surface area contributed by atoms with Crippen LogP contribution in [-0.2, 0) is 6.42 Å². The number of hydrogen-bond acceptors (Lipinski definition) is 3. The van der Waals surface area contributed by atoms with Crippen LogP contribution in [0.4, 0.5) is 0 Å². The number of rotatable bonds is 2. The van der Waals surface area contributed by atoms with Crippen molar-refractivity contribution < 1.29 is 0 Å². The Hall–Kier alpha value is -1.89. The van der Waals surface area contributed by atoms with Gasteiger partial charge in [0.15, 0.2) is 5.65 Å². The smallest absolute Gasteiger partial charge is 0.162 e. The normalized spacial score (nSPS) is 17.2. The van der Waals surface area contributed by atoms with E-state index in [0.717, 1.165) is 23.8 Å². The average Bonchev–Trinajstić information content (AvgIpc) is 2.66. The van der Waals surface area contributed by atoms with E-state index in [-0.39, 0.29) is 0 Å². The van der Waals surface area contributed by atoms with Gasteiger partial charge in [0, 0.05) is 18.7 Å². The van der Waals surface area contributed by atoms with Crippen LogP contribution in [0.3, 0.4) is 0 Å². The van der Waals surface area contributed by atoms with Gasteiger partial charge in [-0.05, 0) is 12.0 Å². The largest absolute Gasteiger partial charge is 0.286 e. The van der Waals surface area contributed by atoms with Crippen molar-refractivity contribution >= 4 is 5.65 Å². The third-order valence-corrected chi connectivity index (χ3v) is 4.06. The third-order valence-electron chi connectivity index (χ3n) is 4.06. The van der Waals surface area contributed by atoms with Gasteiger partial charge in [0.2, 0.25) is 0 Å². The number of fused-ring (bicyclic) bond motifs is 1. The summed E-state index contributed by atoms with van der Waals surface area (Å²) in [7, 11) is 0. The van der Waals surface area contributed by atoms with Gasteiger partial charge in [-0.2, -0.15) is 5.26 Å². The summed E-state index contributed by atoms with van der Waals surface area (Å²) < 4.78 is 2.02. The minimum Gasteiger partial charge on any atom is -0.286 e. The molecule has 3 rings (SSSR count). The standard InChI is InChI=1S/C15H18N4/c16-11-13-7-8-19-14(17-18-15(19)10-13)9-12-5-3-1-2-4-6-12/h7-8,10,12H,1-6,9H2. The number of nitriles is 1. The molecular weight excluding hydrogens is 236 g/mol. The third kappa shape index (κ3) is 2.60. The van der Waals surface area contributed by atoms with Crippen molar-refractivity contribution in [3.8, 4) is 6.07 Å². The van der Waals surface area contributed by atoms with Gasteiger partial charge in [-0.1, -0.05) is 38.5 Å². The van der Waals surface area contributed by atoms with Crippen LogP contribution in [0, 0.1) is 17.2 Å². The van der Waals surface area contributed by atoms with Gasteiger partial charge in [-0.3, -0.25) is 4.40 Å². The van der Waals surface area contributed by atoms with Crippen LogP contribution in [0.2, 0.25) is 0 Å². The van der Waals surface area contributed by atoms with E-state index in [2.05, 4.69) is 16.3 Å². The first-order chi connectivity index (χ1) is 9.36. The van der Waals surface area contributed by atoms with Crippen molar-refractivity contribution in [2.24, 2.45) is 5.92 Å². The molecule has 1 saturated carbocycles. The fourth-order valence-electron chi connectivity index (χ4n) is 2.98. The number of hydrogen-bond donors (Lipinski definition) is 0. The molecule has 0 N–H and O–H groups in total. The summed E-state index contributed by atoms with van der Waals surface area (Å²) >= 11 is 0. The molecule has 0 spiro atoms. The van der Waals surface area contributed by atoms with Crippen molar-refractivity contribution in [2.75, 3.05) is 0 Å². The summed E-state index contributed by atoms with van der Waals surface area (Å²) in [5.41, 5.74) is 1.42. The Balaban J connectivity index is 1.83. The quantitative estimate of drug-likeness (QED) is 0.774. The van der Waals surface area contributed by atoms with E-state index in [1.807, 2.05) is 16.7 Å². The lowest BCUT2D eigenvalue weighted by atomic mass is 9.96. The summed E-state index contributed by atoms with van der Waals surface area (Å²) in [6.45, 7) is 0. The van der Waals surface area contributed by atoms with E-state index in [0.29, 0.717) is 5.56 Å². The van der Waals surface area contributed by atoms with E-state index >= 15 is 0 Å². The lowest BCUT2D eigenvalue weighted by Crippen LogP contribution is -2.06. The molecule has 1 aliphatic rings. The molecule has 0 bridgehead atoms. The van der Waals surface area contributed by atoms with Crippen LogP contribution in [-0.4, -0.2) is 14.6 Å². The fraction of sp³-hybridized carbons (Fsp3) is 0.533. The van der Waals surface area contributed by atoms with Gasteiger partial charge in [-0.15, -0.1) is 10.2 Å². The molecule has 4 nitrogen and oxygen atoms in total. The Labute approximate surface area is 113 Å². The molecule has 4 heteroatoms. The van der Waals surface area contributed by atoms with Crippen LogP contribution in [0.5, 0.6) is 0 Å². The van der Waals surface area contributed by atoms with Crippen LogP contribution in [0.15, 0.2) is 18.3 Å². The zero-order valence-electron chi connectivity index (χ0n) is 11.0. The van der Waals surface area contributed by atoms with Gasteiger partial charge in [0.1, 0.15) is 5.82 Å². The molecule has 2 heterocycles. The molecule has 98 valence electrons. The summed E-state index contributed by atoms with van der Waals surface area (Å²) in [4.78, 5) is 0. The lowest BCUT2D eigenvalue weighted by Gasteiger charge is -2.12. The maximum Gasteiger partial charge on any atom is 0.162 e. The van der Waals surface area contributed by atoms with Gasteiger partial charge >= 0.3 is 0 Å². The first-order valence-electron chi connectivity index (χ1n) is 7.10. The van der Waals surface area contributed by atoms with Crippen molar-refractivity contribution in [2.45, 2.75) is 44.9 Å². The summed E-state index contributed by atoms with van der Waals surface area (Å²) in [5, 5.41) is 17.4. The zero-order valence-corrected chi connectivity index (χ0v) is 11.0. The van der Waals surface area contributed by atoms with Gasteiger partial charge in [-0.25, -0.2) is 0 Å². The Morgan fingerprint density at radius 1 is 1.21 bits per heavy atom. The van der Waals surface area contributed by atoms with E-state index in [9.17, 15) is 0 Å². The molecule has 0 radical (unpaired) electrons. The second-order valence-electron chi connectivity index (χ2n) is 5.43. The summed E-state index contributed by atoms with van der Waals surface area (Å²) in [5.74, 6) is 1.77. The average molecular weight is 254 g/mol. The van der Waals surface area contributed by atoms with Crippen molar-refractivity contribution in [3.05, 3.63) is 29.7 Å². The number of pyridine rings is 1. The minimum absolute atomic E-state index is 0.640. The molecule has 0 aromatic carbocycles. The molecule has 0 unspecified atom stereocenters. The molecule has 2 aromatic heterocycles. The maximum atomic E-state index is 8.89. The Kier molecular flexibility index (Phi) is 3.45. The topological polar surface area (TPSA) is 54.0 Å². The predicted octanol–water partition coefficient (Wildman–Crippen LogP) is 3.11. The van der Waals surface area contributed by atoms with Crippen LogP contribution >= 0.6 is 0 Å². The van der Waals surface area contributed by atoms with Crippen molar-refractivity contribution in [1.29, 1.82) is 5.26 Å². The molecule has 19 heavy (non-hydrogen) atoms. The minimum atomic E-state index is 0.640. The summed E-state index contributed by atoms with van der Waals surface area (Å²) in [6.07, 6.45) is 11.0. The lowest BCUT2D eigenvalue weighted by molar-refractivity contribution is 0.446. The Morgan fingerprint density at radius 2 is 2.00 bits per heavy atom. The fourth-order valence-corrected chi connectivity index (χ4v) is 2.98. The molecule has 0 aliphatic heterocycles. The van der Waals surface area contributed by atoms with E-state index < -0.39 is 0 Å². The molecule has 0 saturated heterocycles. The van der Waals surface area contributed by atoms with E-state index in [1.54, 1.807) is 6.07 Å². The second-order valence-corrected chi connectivity index (χ2v) is 5.43. The highest BCUT2D eigenvalue weighted by atomic mass is 15.2. The molecule has 2 aromatic rings. The van der Waals surface area contributed by atoms with Crippen molar-refractivity contribution in [1.82, 2.24) is 14.6 Å². The summed E-state index contributed by atoms with van der Waals surface area (Å²) in [6, 6.07) is 5.76. The molecule has 1 fully saturated rings. The maximum absolute atomic E-state index is 8.89. The first-order valence-corrected chi connectivity index (χ1v) is 7.10. The number of aromatic nitrogens is 3. The molecular formula is C15H18N4. The van der Waals surface area contributed by atoms with E-state index in [1.165, 1.54) is 38.5 Å². The van der Waals surface area contributed by atoms with Crippen LogP contribution in [0.25, 0.3) is 5.65 Å². The molecule has 0 atom stereocenters. The Morgan fingerprint density at radius 3 is 2.74 bits per heavy atom. The van der Waals surface area contributed by atoms with Crippen molar-refractivity contribution in [3.63, 3.8) is 0 Å². The second kappa shape index (κ2) is 5.40.